The van der Waals surface area contributed by atoms with Gasteiger partial charge in [-0.2, -0.15) is 0 Å². The SMILES string of the molecule is CCC(C)C(NC(=O)CC[C@@H](C)C1CCC2CC3C(CC[C@@]21C)[C@@]1(C)CCC(C)C[C@H]1C[C@H]3O)C(=O)OC.NCCCNCCCCNCCCN. The zero-order valence-corrected chi connectivity index (χ0v) is 34.7. The highest BCUT2D eigenvalue weighted by Crippen LogP contribution is 2.65. The van der Waals surface area contributed by atoms with E-state index >= 15 is 0 Å². The Morgan fingerprint density at radius 3 is 2.06 bits per heavy atom. The van der Waals surface area contributed by atoms with Crippen LogP contribution >= 0.6 is 0 Å². The van der Waals surface area contributed by atoms with Crippen molar-refractivity contribution in [2.75, 3.05) is 46.4 Å². The Morgan fingerprint density at radius 2 is 1.46 bits per heavy atom. The molecule has 8 N–H and O–H groups in total. The van der Waals surface area contributed by atoms with E-state index in [1.165, 1.54) is 71.3 Å². The molecule has 0 aliphatic heterocycles. The topological polar surface area (TPSA) is 152 Å². The number of fused-ring (bicyclic) bond motifs is 4. The largest absolute Gasteiger partial charge is 0.467 e. The van der Waals surface area contributed by atoms with Crippen LogP contribution in [0.4, 0.5) is 0 Å². The minimum Gasteiger partial charge on any atom is -0.467 e. The van der Waals surface area contributed by atoms with E-state index in [-0.39, 0.29) is 23.9 Å². The van der Waals surface area contributed by atoms with Gasteiger partial charge in [0.25, 0.3) is 0 Å². The molecule has 0 radical (unpaired) electrons. The smallest absolute Gasteiger partial charge is 0.328 e. The quantitative estimate of drug-likeness (QED) is 0.0659. The summed E-state index contributed by atoms with van der Waals surface area (Å²) in [5.41, 5.74) is 11.5. The minimum atomic E-state index is -0.564. The maximum atomic E-state index is 12.9. The first-order valence-electron chi connectivity index (χ1n) is 21.7. The van der Waals surface area contributed by atoms with Gasteiger partial charge in [-0.15, -0.1) is 0 Å². The number of unbranched alkanes of at least 4 members (excludes halogenated alkanes) is 1. The second kappa shape index (κ2) is 22.3. The fourth-order valence-electron chi connectivity index (χ4n) is 11.2. The molecule has 0 bridgehead atoms. The van der Waals surface area contributed by atoms with Gasteiger partial charge in [0, 0.05) is 6.42 Å². The third-order valence-electron chi connectivity index (χ3n) is 14.9. The van der Waals surface area contributed by atoms with Gasteiger partial charge in [0.1, 0.15) is 6.04 Å². The van der Waals surface area contributed by atoms with Crippen LogP contribution in [0.3, 0.4) is 0 Å². The van der Waals surface area contributed by atoms with E-state index < -0.39 is 6.04 Å². The first kappa shape index (κ1) is 45.1. The fourth-order valence-corrected chi connectivity index (χ4v) is 11.2. The Kier molecular flexibility index (Phi) is 19.4. The van der Waals surface area contributed by atoms with Gasteiger partial charge in [-0.3, -0.25) is 4.79 Å². The molecule has 52 heavy (non-hydrogen) atoms. The van der Waals surface area contributed by atoms with Crippen molar-refractivity contribution in [2.24, 2.45) is 69.6 Å². The number of rotatable bonds is 19. The average molecular weight is 734 g/mol. The van der Waals surface area contributed by atoms with Crippen LogP contribution in [0.2, 0.25) is 0 Å². The molecule has 0 spiro atoms. The average Bonchev–Trinajstić information content (AvgIpc) is 3.36. The molecular formula is C43H83N5O4. The van der Waals surface area contributed by atoms with Crippen molar-refractivity contribution >= 4 is 11.9 Å². The Balaban J connectivity index is 0.000000442. The van der Waals surface area contributed by atoms with E-state index in [1.807, 2.05) is 13.8 Å². The van der Waals surface area contributed by atoms with E-state index in [0.29, 0.717) is 52.8 Å². The molecule has 7 unspecified atom stereocenters. The molecule has 1 amide bonds. The standard InChI is InChI=1S/C33H57NO4.C10H26N4/c1-8-21(3)30(31(37)38-7)34-29(36)12-9-22(4)26-11-10-23-18-25-27(14-16-32(23,26)5)33(6)15-13-20(2)17-24(33)19-28(25)35;11-5-3-9-13-7-1-2-8-14-10-4-6-12/h20-28,30,35H,8-19H2,1-7H3,(H,34,36);13-14H,1-12H2/t20?,21?,22-,23?,24+,25?,26?,27?,28-,30?,32+,33+;/m1./s1. The molecule has 0 aromatic carbocycles. The molecule has 0 heterocycles. The van der Waals surface area contributed by atoms with Crippen LogP contribution in [0.15, 0.2) is 0 Å². The monoisotopic (exact) mass is 734 g/mol. The van der Waals surface area contributed by atoms with Crippen molar-refractivity contribution in [3.8, 4) is 0 Å². The van der Waals surface area contributed by atoms with Gasteiger partial charge >= 0.3 is 5.97 Å². The molecule has 12 atom stereocenters. The highest BCUT2D eigenvalue weighted by Gasteiger charge is 2.58. The Bertz CT molecular complexity index is 1030. The molecule has 0 aromatic rings. The Labute approximate surface area is 319 Å². The van der Waals surface area contributed by atoms with Crippen LogP contribution in [0, 0.1) is 58.2 Å². The summed E-state index contributed by atoms with van der Waals surface area (Å²) in [6, 6.07) is -0.564. The van der Waals surface area contributed by atoms with Gasteiger partial charge in [-0.05, 0) is 181 Å². The Hall–Kier alpha value is -1.26. The lowest BCUT2D eigenvalue weighted by Gasteiger charge is -2.56. The van der Waals surface area contributed by atoms with E-state index in [4.69, 9.17) is 16.2 Å². The summed E-state index contributed by atoms with van der Waals surface area (Å²) in [6.07, 6.45) is 17.9. The van der Waals surface area contributed by atoms with Crippen molar-refractivity contribution in [3.05, 3.63) is 0 Å². The molecule has 9 nitrogen and oxygen atoms in total. The number of methoxy groups -OCH3 is 1. The van der Waals surface area contributed by atoms with E-state index in [9.17, 15) is 14.7 Å². The first-order chi connectivity index (χ1) is 24.9. The fraction of sp³-hybridized carbons (Fsp3) is 0.953. The number of ether oxygens (including phenoxy) is 1. The zero-order chi connectivity index (χ0) is 38.3. The van der Waals surface area contributed by atoms with Crippen LogP contribution in [-0.4, -0.2) is 75.5 Å². The summed E-state index contributed by atoms with van der Waals surface area (Å²) < 4.78 is 4.95. The molecule has 0 saturated heterocycles. The van der Waals surface area contributed by atoms with Gasteiger partial charge in [-0.1, -0.05) is 54.4 Å². The Morgan fingerprint density at radius 1 is 0.846 bits per heavy atom. The lowest BCUT2D eigenvalue weighted by Crippen LogP contribution is -2.51. The summed E-state index contributed by atoms with van der Waals surface area (Å²) in [5, 5.41) is 21.1. The summed E-state index contributed by atoms with van der Waals surface area (Å²) in [4.78, 5) is 25.1. The summed E-state index contributed by atoms with van der Waals surface area (Å²) >= 11 is 0. The number of carbonyl (C=O) groups is 2. The van der Waals surface area contributed by atoms with Crippen molar-refractivity contribution < 1.29 is 19.4 Å². The van der Waals surface area contributed by atoms with Crippen molar-refractivity contribution in [3.63, 3.8) is 0 Å². The third-order valence-corrected chi connectivity index (χ3v) is 14.9. The van der Waals surface area contributed by atoms with E-state index in [0.717, 1.165) is 77.3 Å². The molecule has 4 saturated carbocycles. The number of esters is 1. The molecule has 304 valence electrons. The van der Waals surface area contributed by atoms with Gasteiger partial charge in [-0.25, -0.2) is 4.79 Å². The van der Waals surface area contributed by atoms with Gasteiger partial charge < -0.3 is 37.3 Å². The van der Waals surface area contributed by atoms with Crippen LogP contribution in [0.25, 0.3) is 0 Å². The van der Waals surface area contributed by atoms with Crippen LogP contribution in [0.5, 0.6) is 0 Å². The molecular weight excluding hydrogens is 651 g/mol. The number of amides is 1. The van der Waals surface area contributed by atoms with Gasteiger partial charge in [0.15, 0.2) is 0 Å². The minimum absolute atomic E-state index is 0.0345. The third kappa shape index (κ3) is 12.1. The highest BCUT2D eigenvalue weighted by atomic mass is 16.5. The van der Waals surface area contributed by atoms with E-state index in [1.54, 1.807) is 0 Å². The molecule has 4 rings (SSSR count). The lowest BCUT2D eigenvalue weighted by atomic mass is 9.49. The second-order valence-electron chi connectivity index (χ2n) is 18.3. The summed E-state index contributed by atoms with van der Waals surface area (Å²) in [6.45, 7) is 19.8. The zero-order valence-electron chi connectivity index (χ0n) is 34.7. The molecule has 4 fully saturated rings. The molecule has 4 aliphatic carbocycles. The molecule has 0 aromatic heterocycles. The number of carbonyl (C=O) groups excluding carboxylic acids is 2. The number of hydrogen-bond acceptors (Lipinski definition) is 8. The predicted molar refractivity (Wildman–Crippen MR) is 215 cm³/mol. The van der Waals surface area contributed by atoms with Crippen molar-refractivity contribution in [1.82, 2.24) is 16.0 Å². The van der Waals surface area contributed by atoms with Gasteiger partial charge in [0.2, 0.25) is 5.91 Å². The summed E-state index contributed by atoms with van der Waals surface area (Å²) in [7, 11) is 1.39. The van der Waals surface area contributed by atoms with Crippen molar-refractivity contribution in [1.29, 1.82) is 0 Å². The highest BCUT2D eigenvalue weighted by molar-refractivity contribution is 5.84. The number of hydrogen-bond donors (Lipinski definition) is 6. The summed E-state index contributed by atoms with van der Waals surface area (Å²) in [5.74, 6) is 4.06. The normalized spacial score (nSPS) is 34.3. The number of nitrogens with two attached hydrogens (primary N) is 2. The van der Waals surface area contributed by atoms with E-state index in [2.05, 4.69) is 43.6 Å². The first-order valence-corrected chi connectivity index (χ1v) is 21.7. The van der Waals surface area contributed by atoms with Crippen LogP contribution in [0.1, 0.15) is 144 Å². The predicted octanol–water partition coefficient (Wildman–Crippen LogP) is 6.41. The van der Waals surface area contributed by atoms with Crippen molar-refractivity contribution in [2.45, 2.75) is 156 Å². The number of aliphatic hydroxyl groups is 1. The number of nitrogens with one attached hydrogen (secondary N) is 3. The van der Waals surface area contributed by atoms with Crippen LogP contribution < -0.4 is 27.4 Å². The molecule has 9 heteroatoms. The maximum absolute atomic E-state index is 12.9. The molecule has 4 aliphatic rings. The maximum Gasteiger partial charge on any atom is 0.328 e. The van der Waals surface area contributed by atoms with Gasteiger partial charge in [0.05, 0.1) is 13.2 Å². The van der Waals surface area contributed by atoms with Crippen LogP contribution in [-0.2, 0) is 14.3 Å². The second-order valence-corrected chi connectivity index (χ2v) is 18.3. The lowest BCUT2D eigenvalue weighted by molar-refractivity contribution is -0.146. The number of aliphatic hydroxyl groups excluding tert-OH is 1.